The molecule has 0 spiro atoms. The first-order valence-electron chi connectivity index (χ1n) is 11.2. The SMILES string of the molecule is O=C(CCC(=O)N1CCC(Cn2nc(-c3ccc(F)cc3)ccc2=O)CC1)c1ccccc1. The lowest BCUT2D eigenvalue weighted by atomic mass is 9.96. The van der Waals surface area contributed by atoms with Crippen LogP contribution in [0.15, 0.2) is 71.5 Å². The molecule has 0 atom stereocenters. The highest BCUT2D eigenvalue weighted by Gasteiger charge is 2.24. The summed E-state index contributed by atoms with van der Waals surface area (Å²) in [7, 11) is 0. The molecule has 1 aliphatic heterocycles. The summed E-state index contributed by atoms with van der Waals surface area (Å²) in [4.78, 5) is 38.9. The number of Topliss-reactive ketones (excluding diaryl/α,β-unsaturated/α-hetero) is 1. The first kappa shape index (κ1) is 22.6. The number of aromatic nitrogens is 2. The molecular weight excluding hydrogens is 421 g/mol. The number of piperidine rings is 1. The number of nitrogens with zero attached hydrogens (tertiary/aromatic N) is 3. The maximum Gasteiger partial charge on any atom is 0.266 e. The summed E-state index contributed by atoms with van der Waals surface area (Å²) >= 11 is 0. The van der Waals surface area contributed by atoms with Crippen LogP contribution in [0.4, 0.5) is 4.39 Å². The zero-order valence-electron chi connectivity index (χ0n) is 18.3. The molecule has 6 nitrogen and oxygen atoms in total. The van der Waals surface area contributed by atoms with Gasteiger partial charge in [0, 0.05) is 49.7 Å². The van der Waals surface area contributed by atoms with Gasteiger partial charge in [0.25, 0.3) is 5.56 Å². The third-order valence-electron chi connectivity index (χ3n) is 6.07. The molecule has 1 amide bonds. The van der Waals surface area contributed by atoms with Crippen molar-refractivity contribution in [2.45, 2.75) is 32.2 Å². The van der Waals surface area contributed by atoms with Gasteiger partial charge in [-0.2, -0.15) is 5.10 Å². The molecule has 0 saturated carbocycles. The molecule has 170 valence electrons. The van der Waals surface area contributed by atoms with Crippen molar-refractivity contribution in [1.29, 1.82) is 0 Å². The van der Waals surface area contributed by atoms with Crippen molar-refractivity contribution in [3.63, 3.8) is 0 Å². The second kappa shape index (κ2) is 10.3. The minimum atomic E-state index is -0.321. The summed E-state index contributed by atoms with van der Waals surface area (Å²) < 4.78 is 14.6. The summed E-state index contributed by atoms with van der Waals surface area (Å²) in [6.45, 7) is 1.69. The van der Waals surface area contributed by atoms with E-state index < -0.39 is 0 Å². The summed E-state index contributed by atoms with van der Waals surface area (Å²) in [5.74, 6) is -0.122. The molecule has 4 rings (SSSR count). The Hall–Kier alpha value is -3.61. The van der Waals surface area contributed by atoms with Crippen molar-refractivity contribution in [3.8, 4) is 11.3 Å². The van der Waals surface area contributed by atoms with Crippen LogP contribution in [-0.2, 0) is 11.3 Å². The predicted octanol–water partition coefficient (Wildman–Crippen LogP) is 3.95. The lowest BCUT2D eigenvalue weighted by Crippen LogP contribution is -2.40. The number of hydrogen-bond donors (Lipinski definition) is 0. The van der Waals surface area contributed by atoms with Gasteiger partial charge in [0.05, 0.1) is 5.69 Å². The first-order chi connectivity index (χ1) is 16.0. The maximum absolute atomic E-state index is 13.2. The van der Waals surface area contributed by atoms with E-state index in [0.717, 1.165) is 18.4 Å². The molecule has 33 heavy (non-hydrogen) atoms. The molecule has 0 bridgehead atoms. The van der Waals surface area contributed by atoms with Gasteiger partial charge in [-0.05, 0) is 49.1 Å². The van der Waals surface area contributed by atoms with E-state index in [1.165, 1.54) is 22.9 Å². The summed E-state index contributed by atoms with van der Waals surface area (Å²) in [5, 5.41) is 4.46. The van der Waals surface area contributed by atoms with Crippen LogP contribution in [0.2, 0.25) is 0 Å². The molecule has 0 radical (unpaired) electrons. The van der Waals surface area contributed by atoms with Crippen LogP contribution in [0.5, 0.6) is 0 Å². The third-order valence-corrected chi connectivity index (χ3v) is 6.07. The molecule has 7 heteroatoms. The lowest BCUT2D eigenvalue weighted by Gasteiger charge is -2.32. The Morgan fingerprint density at radius 1 is 0.909 bits per heavy atom. The van der Waals surface area contributed by atoms with Gasteiger partial charge < -0.3 is 4.90 Å². The van der Waals surface area contributed by atoms with Crippen molar-refractivity contribution in [2.24, 2.45) is 5.92 Å². The Morgan fingerprint density at radius 2 is 1.61 bits per heavy atom. The molecule has 2 heterocycles. The van der Waals surface area contributed by atoms with Gasteiger partial charge in [-0.15, -0.1) is 0 Å². The third kappa shape index (κ3) is 5.80. The van der Waals surface area contributed by atoms with Crippen molar-refractivity contribution < 1.29 is 14.0 Å². The lowest BCUT2D eigenvalue weighted by molar-refractivity contribution is -0.132. The van der Waals surface area contributed by atoms with Gasteiger partial charge in [-0.3, -0.25) is 14.4 Å². The number of likely N-dealkylation sites (tertiary alicyclic amines) is 1. The molecule has 0 N–H and O–H groups in total. The number of carbonyl (C=O) groups is 2. The zero-order chi connectivity index (χ0) is 23.2. The fourth-order valence-electron chi connectivity index (χ4n) is 4.11. The number of ketones is 1. The van der Waals surface area contributed by atoms with Crippen molar-refractivity contribution in [2.75, 3.05) is 13.1 Å². The molecule has 1 aromatic heterocycles. The molecule has 1 aliphatic rings. The molecule has 1 fully saturated rings. The first-order valence-corrected chi connectivity index (χ1v) is 11.2. The standard InChI is InChI=1S/C26H26FN3O3/c27-22-8-6-20(7-9-22)23-10-12-26(33)30(28-23)18-19-14-16-29(17-15-19)25(32)13-11-24(31)21-4-2-1-3-5-21/h1-10,12,19H,11,13-18H2. The van der Waals surface area contributed by atoms with E-state index in [9.17, 15) is 18.8 Å². The largest absolute Gasteiger partial charge is 0.343 e. The highest BCUT2D eigenvalue weighted by Crippen LogP contribution is 2.21. The zero-order valence-corrected chi connectivity index (χ0v) is 18.3. The second-order valence-corrected chi connectivity index (χ2v) is 8.36. The van der Waals surface area contributed by atoms with Crippen molar-refractivity contribution in [1.82, 2.24) is 14.7 Å². The molecular formula is C26H26FN3O3. The predicted molar refractivity (Wildman–Crippen MR) is 123 cm³/mol. The minimum absolute atomic E-state index is 0.00803. The number of halogens is 1. The normalized spacial score (nSPS) is 14.3. The van der Waals surface area contributed by atoms with Crippen LogP contribution in [0, 0.1) is 11.7 Å². The number of carbonyl (C=O) groups excluding carboxylic acids is 2. The van der Waals surface area contributed by atoms with E-state index in [-0.39, 0.29) is 41.8 Å². The molecule has 3 aromatic rings. The quantitative estimate of drug-likeness (QED) is 0.514. The molecule has 0 unspecified atom stereocenters. The van der Waals surface area contributed by atoms with E-state index in [0.29, 0.717) is 30.9 Å². The van der Waals surface area contributed by atoms with E-state index in [1.807, 2.05) is 18.2 Å². The molecule has 0 aliphatic carbocycles. The summed E-state index contributed by atoms with van der Waals surface area (Å²) in [5.41, 5.74) is 1.81. The van der Waals surface area contributed by atoms with Gasteiger partial charge in [0.2, 0.25) is 5.91 Å². The van der Waals surface area contributed by atoms with Crippen LogP contribution >= 0.6 is 0 Å². The average molecular weight is 448 g/mol. The summed E-state index contributed by atoms with van der Waals surface area (Å²) in [6.07, 6.45) is 1.96. The van der Waals surface area contributed by atoms with Crippen LogP contribution in [0.1, 0.15) is 36.0 Å². The van der Waals surface area contributed by atoms with Gasteiger partial charge in [0.15, 0.2) is 5.78 Å². The van der Waals surface area contributed by atoms with Crippen LogP contribution in [0.25, 0.3) is 11.3 Å². The van der Waals surface area contributed by atoms with Crippen LogP contribution < -0.4 is 5.56 Å². The molecule has 2 aromatic carbocycles. The number of hydrogen-bond acceptors (Lipinski definition) is 4. The van der Waals surface area contributed by atoms with Crippen molar-refractivity contribution in [3.05, 3.63) is 88.5 Å². The highest BCUT2D eigenvalue weighted by atomic mass is 19.1. The van der Waals surface area contributed by atoms with E-state index >= 15 is 0 Å². The van der Waals surface area contributed by atoms with Crippen LogP contribution in [0.3, 0.4) is 0 Å². The number of amides is 1. The Morgan fingerprint density at radius 3 is 2.30 bits per heavy atom. The average Bonchev–Trinajstić information content (AvgIpc) is 2.85. The number of rotatable bonds is 7. The van der Waals surface area contributed by atoms with E-state index in [1.54, 1.807) is 35.2 Å². The van der Waals surface area contributed by atoms with Crippen LogP contribution in [-0.4, -0.2) is 39.5 Å². The van der Waals surface area contributed by atoms with Gasteiger partial charge in [-0.25, -0.2) is 9.07 Å². The Kier molecular flexibility index (Phi) is 7.07. The second-order valence-electron chi connectivity index (χ2n) is 8.36. The topological polar surface area (TPSA) is 72.3 Å². The maximum atomic E-state index is 13.2. The van der Waals surface area contributed by atoms with Gasteiger partial charge in [-0.1, -0.05) is 30.3 Å². The number of benzene rings is 2. The minimum Gasteiger partial charge on any atom is -0.343 e. The van der Waals surface area contributed by atoms with E-state index in [2.05, 4.69) is 5.10 Å². The fraction of sp³-hybridized carbons (Fsp3) is 0.308. The highest BCUT2D eigenvalue weighted by molar-refractivity contribution is 5.97. The monoisotopic (exact) mass is 447 g/mol. The Labute approximate surface area is 191 Å². The van der Waals surface area contributed by atoms with Gasteiger partial charge >= 0.3 is 0 Å². The smallest absolute Gasteiger partial charge is 0.266 e. The fourth-order valence-corrected chi connectivity index (χ4v) is 4.11. The Bertz CT molecular complexity index is 1170. The Balaban J connectivity index is 1.30. The van der Waals surface area contributed by atoms with Crippen molar-refractivity contribution >= 4 is 11.7 Å². The summed E-state index contributed by atoms with van der Waals surface area (Å²) in [6, 6.07) is 18.1. The van der Waals surface area contributed by atoms with Gasteiger partial charge in [0.1, 0.15) is 5.82 Å². The molecule has 1 saturated heterocycles. The van der Waals surface area contributed by atoms with E-state index in [4.69, 9.17) is 0 Å².